The van der Waals surface area contributed by atoms with Gasteiger partial charge in [-0.2, -0.15) is 0 Å². The maximum Gasteiger partial charge on any atom is 0.255 e. The SMILES string of the molecule is COc1nc(C)cc(C)c1CN1CCc2sc([C@@]3(C)CC34CCC(N3CC(OC)C3)CC4)c(C)c2C1=O. The molecular formula is C30H41N3O3S. The van der Waals surface area contributed by atoms with Crippen LogP contribution in [-0.4, -0.2) is 66.7 Å². The average molecular weight is 524 g/mol. The summed E-state index contributed by atoms with van der Waals surface area (Å²) in [7, 11) is 3.49. The van der Waals surface area contributed by atoms with E-state index in [1.807, 2.05) is 30.3 Å². The summed E-state index contributed by atoms with van der Waals surface area (Å²) in [6.45, 7) is 12.3. The van der Waals surface area contributed by atoms with Crippen LogP contribution in [0.5, 0.6) is 5.88 Å². The molecule has 0 unspecified atom stereocenters. The minimum absolute atomic E-state index is 0.177. The number of rotatable bonds is 6. The number of pyridine rings is 1. The summed E-state index contributed by atoms with van der Waals surface area (Å²) in [5.74, 6) is 0.814. The first kappa shape index (κ1) is 25.3. The first-order valence-corrected chi connectivity index (χ1v) is 14.7. The van der Waals surface area contributed by atoms with Gasteiger partial charge in [0.15, 0.2) is 0 Å². The van der Waals surface area contributed by atoms with E-state index < -0.39 is 0 Å². The molecule has 4 heterocycles. The summed E-state index contributed by atoms with van der Waals surface area (Å²) in [6.07, 6.45) is 7.87. The van der Waals surface area contributed by atoms with Crippen molar-refractivity contribution in [3.05, 3.63) is 43.8 Å². The van der Waals surface area contributed by atoms with Crippen molar-refractivity contribution in [1.29, 1.82) is 0 Å². The van der Waals surface area contributed by atoms with Gasteiger partial charge < -0.3 is 14.4 Å². The molecule has 1 atom stereocenters. The first-order chi connectivity index (χ1) is 17.7. The fraction of sp³-hybridized carbons (Fsp3) is 0.667. The summed E-state index contributed by atoms with van der Waals surface area (Å²) < 4.78 is 11.1. The number of hydrogen-bond donors (Lipinski definition) is 0. The molecule has 2 aliphatic carbocycles. The Labute approximate surface area is 225 Å². The molecule has 3 fully saturated rings. The van der Waals surface area contributed by atoms with Crippen LogP contribution in [0.25, 0.3) is 0 Å². The molecule has 6 rings (SSSR count). The number of thiophene rings is 1. The van der Waals surface area contributed by atoms with Crippen LogP contribution in [0, 0.1) is 26.2 Å². The number of ether oxygens (including phenoxy) is 2. The highest BCUT2D eigenvalue weighted by molar-refractivity contribution is 7.12. The maximum absolute atomic E-state index is 13.8. The lowest BCUT2D eigenvalue weighted by Crippen LogP contribution is -2.57. The molecule has 1 spiro atoms. The van der Waals surface area contributed by atoms with Crippen molar-refractivity contribution in [1.82, 2.24) is 14.8 Å². The van der Waals surface area contributed by atoms with Crippen LogP contribution in [0.4, 0.5) is 0 Å². The molecule has 37 heavy (non-hydrogen) atoms. The molecule has 0 aromatic carbocycles. The smallest absolute Gasteiger partial charge is 0.255 e. The largest absolute Gasteiger partial charge is 0.481 e. The van der Waals surface area contributed by atoms with Crippen LogP contribution < -0.4 is 4.74 Å². The lowest BCUT2D eigenvalue weighted by atomic mass is 9.76. The molecule has 0 radical (unpaired) electrons. The molecule has 0 bridgehead atoms. The van der Waals surface area contributed by atoms with Crippen LogP contribution in [0.1, 0.15) is 81.5 Å². The minimum atomic E-state index is 0.177. The van der Waals surface area contributed by atoms with Gasteiger partial charge in [-0.1, -0.05) is 6.92 Å². The van der Waals surface area contributed by atoms with E-state index in [-0.39, 0.29) is 11.3 Å². The third-order valence-corrected chi connectivity index (χ3v) is 11.8. The van der Waals surface area contributed by atoms with Crippen LogP contribution in [0.3, 0.4) is 0 Å². The number of hydrogen-bond acceptors (Lipinski definition) is 6. The van der Waals surface area contributed by atoms with Crippen molar-refractivity contribution in [3.63, 3.8) is 0 Å². The Hall–Kier alpha value is -1.96. The molecule has 6 nitrogen and oxygen atoms in total. The fourth-order valence-corrected chi connectivity index (χ4v) is 9.25. The Kier molecular flexibility index (Phi) is 6.20. The lowest BCUT2D eigenvalue weighted by molar-refractivity contribution is -0.0610. The Morgan fingerprint density at radius 2 is 1.89 bits per heavy atom. The number of likely N-dealkylation sites (tertiary alicyclic amines) is 1. The number of nitrogens with zero attached hydrogens (tertiary/aromatic N) is 3. The highest BCUT2D eigenvalue weighted by Gasteiger charge is 2.66. The summed E-state index contributed by atoms with van der Waals surface area (Å²) in [5.41, 5.74) is 5.95. The number of aromatic nitrogens is 1. The van der Waals surface area contributed by atoms with Crippen molar-refractivity contribution >= 4 is 17.2 Å². The molecule has 2 aliphatic heterocycles. The molecule has 1 amide bonds. The Bertz CT molecular complexity index is 1230. The number of methoxy groups -OCH3 is 2. The third kappa shape index (κ3) is 3.95. The van der Waals surface area contributed by atoms with E-state index in [4.69, 9.17) is 9.47 Å². The zero-order valence-corrected chi connectivity index (χ0v) is 24.1. The fourth-order valence-electron chi connectivity index (χ4n) is 7.70. The van der Waals surface area contributed by atoms with Crippen molar-refractivity contribution in [2.45, 2.75) is 90.3 Å². The molecule has 0 N–H and O–H groups in total. The molecule has 4 aliphatic rings. The number of carbonyl (C=O) groups is 1. The van der Waals surface area contributed by atoms with Gasteiger partial charge in [-0.05, 0) is 75.5 Å². The minimum Gasteiger partial charge on any atom is -0.481 e. The predicted molar refractivity (Wildman–Crippen MR) is 147 cm³/mol. The van der Waals surface area contributed by atoms with Gasteiger partial charge in [-0.3, -0.25) is 9.69 Å². The third-order valence-electron chi connectivity index (χ3n) is 10.2. The molecule has 1 saturated heterocycles. The van der Waals surface area contributed by atoms with Crippen LogP contribution in [0.15, 0.2) is 6.07 Å². The quantitative estimate of drug-likeness (QED) is 0.521. The molecule has 200 valence electrons. The first-order valence-electron chi connectivity index (χ1n) is 13.9. The van der Waals surface area contributed by atoms with Gasteiger partial charge in [0.25, 0.3) is 5.91 Å². The second-order valence-electron chi connectivity index (χ2n) is 12.2. The summed E-state index contributed by atoms with van der Waals surface area (Å²) >= 11 is 1.94. The highest BCUT2D eigenvalue weighted by atomic mass is 32.1. The normalized spacial score (nSPS) is 29.9. The number of carbonyl (C=O) groups excluding carboxylic acids is 1. The van der Waals surface area contributed by atoms with Gasteiger partial charge in [0, 0.05) is 65.6 Å². The van der Waals surface area contributed by atoms with Crippen LogP contribution in [0.2, 0.25) is 0 Å². The van der Waals surface area contributed by atoms with E-state index in [2.05, 4.69) is 36.7 Å². The van der Waals surface area contributed by atoms with E-state index in [1.165, 1.54) is 47.4 Å². The molecule has 2 aromatic heterocycles. The van der Waals surface area contributed by atoms with E-state index in [0.717, 1.165) is 54.5 Å². The zero-order chi connectivity index (χ0) is 26.1. The molecule has 2 saturated carbocycles. The van der Waals surface area contributed by atoms with Gasteiger partial charge >= 0.3 is 0 Å². The second-order valence-corrected chi connectivity index (χ2v) is 13.3. The second kappa shape index (κ2) is 9.06. The Morgan fingerprint density at radius 1 is 1.16 bits per heavy atom. The van der Waals surface area contributed by atoms with Gasteiger partial charge in [0.05, 0.1) is 25.3 Å². The van der Waals surface area contributed by atoms with Crippen molar-refractivity contribution in [3.8, 4) is 5.88 Å². The van der Waals surface area contributed by atoms with Gasteiger partial charge in [-0.15, -0.1) is 11.3 Å². The molecule has 7 heteroatoms. The monoisotopic (exact) mass is 523 g/mol. The Morgan fingerprint density at radius 3 is 2.57 bits per heavy atom. The van der Waals surface area contributed by atoms with Crippen molar-refractivity contribution in [2.75, 3.05) is 33.9 Å². The standard InChI is InChI=1S/C30H41N3O3S/c1-18-13-19(2)31-27(36-6)23(18)16-32-12-9-24-25(28(32)34)20(3)26(37-24)29(4)17-30(29)10-7-21(8-11-30)33-14-22(15-33)35-5/h13,21-22H,7-12,14-17H2,1-6H3/t21?,29-,30?/m1/s1. The van der Waals surface area contributed by atoms with E-state index >= 15 is 0 Å². The van der Waals surface area contributed by atoms with Gasteiger partial charge in [0.1, 0.15) is 0 Å². The predicted octanol–water partition coefficient (Wildman–Crippen LogP) is 5.20. The maximum atomic E-state index is 13.8. The van der Waals surface area contributed by atoms with Crippen LogP contribution in [-0.2, 0) is 23.1 Å². The number of amides is 1. The zero-order valence-electron chi connectivity index (χ0n) is 23.3. The van der Waals surface area contributed by atoms with E-state index in [1.54, 1.807) is 7.11 Å². The molecule has 2 aromatic rings. The number of fused-ring (bicyclic) bond motifs is 1. The van der Waals surface area contributed by atoms with Crippen molar-refractivity contribution in [2.24, 2.45) is 5.41 Å². The van der Waals surface area contributed by atoms with E-state index in [9.17, 15) is 4.79 Å². The topological polar surface area (TPSA) is 54.9 Å². The van der Waals surface area contributed by atoms with Gasteiger partial charge in [-0.25, -0.2) is 4.98 Å². The summed E-state index contributed by atoms with van der Waals surface area (Å²) in [6, 6.07) is 2.80. The summed E-state index contributed by atoms with van der Waals surface area (Å²) in [4.78, 5) is 25.8. The van der Waals surface area contributed by atoms with Crippen LogP contribution >= 0.6 is 11.3 Å². The average Bonchev–Trinajstić information content (AvgIpc) is 3.25. The highest BCUT2D eigenvalue weighted by Crippen LogP contribution is 2.72. The summed E-state index contributed by atoms with van der Waals surface area (Å²) in [5, 5.41) is 0. The lowest BCUT2D eigenvalue weighted by Gasteiger charge is -2.46. The van der Waals surface area contributed by atoms with E-state index in [0.29, 0.717) is 23.9 Å². The van der Waals surface area contributed by atoms with Crippen molar-refractivity contribution < 1.29 is 14.3 Å². The Balaban J connectivity index is 1.18. The van der Waals surface area contributed by atoms with Gasteiger partial charge in [0.2, 0.25) is 5.88 Å². The number of aryl methyl sites for hydroxylation is 2. The molecular weight excluding hydrogens is 482 g/mol.